The number of hydrogen-bond donors (Lipinski definition) is 2. The Morgan fingerprint density at radius 1 is 1.04 bits per heavy atom. The highest BCUT2D eigenvalue weighted by Gasteiger charge is 2.31. The number of pyridine rings is 1. The molecular weight excluding hydrogens is 401 g/mol. The van der Waals surface area contributed by atoms with Crippen LogP contribution >= 0.6 is 11.6 Å². The normalized spacial score (nSPS) is 11.1. The summed E-state index contributed by atoms with van der Waals surface area (Å²) in [5.41, 5.74) is -1.24. The quantitative estimate of drug-likeness (QED) is 0.348. The third-order valence-corrected chi connectivity index (χ3v) is 3.77. The van der Waals surface area contributed by atoms with E-state index in [4.69, 9.17) is 11.6 Å². The van der Waals surface area contributed by atoms with Crippen molar-refractivity contribution in [3.63, 3.8) is 0 Å². The summed E-state index contributed by atoms with van der Waals surface area (Å²) in [6.45, 7) is 0. The van der Waals surface area contributed by atoms with Gasteiger partial charge in [0.2, 0.25) is 11.6 Å². The second-order valence-electron chi connectivity index (χ2n) is 5.35. The molecule has 0 aliphatic heterocycles. The van der Waals surface area contributed by atoms with Gasteiger partial charge in [0.25, 0.3) is 0 Å². The van der Waals surface area contributed by atoms with Crippen LogP contribution in [0.15, 0.2) is 48.9 Å². The van der Waals surface area contributed by atoms with E-state index in [1.165, 1.54) is 24.4 Å². The van der Waals surface area contributed by atoms with E-state index in [0.717, 1.165) is 18.5 Å². The molecule has 12 heteroatoms. The number of alkyl halides is 3. The van der Waals surface area contributed by atoms with Gasteiger partial charge in [-0.2, -0.15) is 13.2 Å². The maximum atomic E-state index is 12.9. The molecule has 144 valence electrons. The minimum Gasteiger partial charge on any atom is -0.334 e. The second-order valence-corrected chi connectivity index (χ2v) is 5.70. The summed E-state index contributed by atoms with van der Waals surface area (Å²) in [5, 5.41) is 16.8. The molecule has 3 aromatic rings. The first kappa shape index (κ1) is 19.3. The number of rotatable bonds is 5. The summed E-state index contributed by atoms with van der Waals surface area (Å²) < 4.78 is 38.6. The first-order chi connectivity index (χ1) is 13.3. The Morgan fingerprint density at radius 3 is 2.39 bits per heavy atom. The lowest BCUT2D eigenvalue weighted by atomic mass is 10.2. The summed E-state index contributed by atoms with van der Waals surface area (Å²) >= 11 is 5.93. The molecule has 0 saturated carbocycles. The standard InChI is InChI=1S/C16H10ClF3N6O2/c17-13-11(5-2-6-21-13)25-15-12(26(27)28)14(22-8-23-15)24-10-4-1-3-9(7-10)16(18,19)20/h1-8H,(H2,22,23,24,25). The van der Waals surface area contributed by atoms with Gasteiger partial charge in [-0.15, -0.1) is 0 Å². The predicted octanol–water partition coefficient (Wildman–Crippen LogP) is 4.94. The van der Waals surface area contributed by atoms with Crippen LogP contribution in [0.4, 0.5) is 41.9 Å². The van der Waals surface area contributed by atoms with Gasteiger partial charge in [-0.05, 0) is 30.3 Å². The van der Waals surface area contributed by atoms with Crippen LogP contribution in [-0.4, -0.2) is 19.9 Å². The van der Waals surface area contributed by atoms with Crippen molar-refractivity contribution in [2.24, 2.45) is 0 Å². The van der Waals surface area contributed by atoms with Crippen LogP contribution in [0.25, 0.3) is 0 Å². The monoisotopic (exact) mass is 410 g/mol. The van der Waals surface area contributed by atoms with E-state index >= 15 is 0 Å². The summed E-state index contributed by atoms with van der Waals surface area (Å²) in [5.74, 6) is -0.494. The number of nitrogens with zero attached hydrogens (tertiary/aromatic N) is 4. The molecule has 0 aliphatic carbocycles. The molecular formula is C16H10ClF3N6O2. The van der Waals surface area contributed by atoms with Gasteiger partial charge in [-0.3, -0.25) is 10.1 Å². The Morgan fingerprint density at radius 2 is 1.75 bits per heavy atom. The van der Waals surface area contributed by atoms with Crippen molar-refractivity contribution < 1.29 is 18.1 Å². The molecule has 0 aliphatic rings. The molecule has 0 atom stereocenters. The van der Waals surface area contributed by atoms with Crippen LogP contribution in [0.1, 0.15) is 5.56 Å². The first-order valence-corrected chi connectivity index (χ1v) is 7.94. The Kier molecular flexibility index (Phi) is 5.27. The van der Waals surface area contributed by atoms with Crippen LogP contribution in [0.2, 0.25) is 5.15 Å². The highest BCUT2D eigenvalue weighted by Crippen LogP contribution is 2.35. The molecule has 1 aromatic carbocycles. The van der Waals surface area contributed by atoms with Gasteiger partial charge in [0.15, 0.2) is 5.15 Å². The fourth-order valence-electron chi connectivity index (χ4n) is 2.25. The molecule has 28 heavy (non-hydrogen) atoms. The van der Waals surface area contributed by atoms with Crippen LogP contribution in [0.3, 0.4) is 0 Å². The van der Waals surface area contributed by atoms with Gasteiger partial charge in [0.05, 0.1) is 16.2 Å². The Labute approximate surface area is 160 Å². The number of nitrogens with one attached hydrogen (secondary N) is 2. The first-order valence-electron chi connectivity index (χ1n) is 7.57. The molecule has 8 nitrogen and oxygen atoms in total. The Hall–Kier alpha value is -3.47. The summed E-state index contributed by atoms with van der Waals surface area (Å²) in [6, 6.07) is 7.29. The average Bonchev–Trinajstić information content (AvgIpc) is 2.63. The third-order valence-electron chi connectivity index (χ3n) is 3.47. The minimum atomic E-state index is -4.56. The molecule has 2 heterocycles. The van der Waals surface area contributed by atoms with Gasteiger partial charge >= 0.3 is 11.9 Å². The van der Waals surface area contributed by atoms with E-state index in [0.29, 0.717) is 0 Å². The molecule has 2 aromatic heterocycles. The Balaban J connectivity index is 1.98. The third kappa shape index (κ3) is 4.26. The van der Waals surface area contributed by atoms with E-state index in [-0.39, 0.29) is 28.2 Å². The van der Waals surface area contributed by atoms with Crippen molar-refractivity contribution >= 4 is 40.3 Å². The largest absolute Gasteiger partial charge is 0.416 e. The Bertz CT molecular complexity index is 1030. The highest BCUT2D eigenvalue weighted by atomic mass is 35.5. The number of hydrogen-bond acceptors (Lipinski definition) is 7. The fourth-order valence-corrected chi connectivity index (χ4v) is 2.42. The summed E-state index contributed by atoms with van der Waals surface area (Å²) in [4.78, 5) is 22.2. The van der Waals surface area contributed by atoms with Crippen LogP contribution in [0, 0.1) is 10.1 Å². The molecule has 0 unspecified atom stereocenters. The molecule has 3 rings (SSSR count). The lowest BCUT2D eigenvalue weighted by molar-refractivity contribution is -0.383. The smallest absolute Gasteiger partial charge is 0.334 e. The van der Waals surface area contributed by atoms with Gasteiger partial charge < -0.3 is 10.6 Å². The number of aromatic nitrogens is 3. The number of anilines is 4. The number of benzene rings is 1. The lowest BCUT2D eigenvalue weighted by Gasteiger charge is -2.12. The van der Waals surface area contributed by atoms with Crippen LogP contribution in [0.5, 0.6) is 0 Å². The minimum absolute atomic E-state index is 0.0259. The maximum absolute atomic E-state index is 12.9. The zero-order chi connectivity index (χ0) is 20.3. The molecule has 0 radical (unpaired) electrons. The van der Waals surface area contributed by atoms with Crippen molar-refractivity contribution in [1.82, 2.24) is 15.0 Å². The number of nitro groups is 1. The maximum Gasteiger partial charge on any atom is 0.416 e. The average molecular weight is 411 g/mol. The molecule has 0 fully saturated rings. The molecule has 0 saturated heterocycles. The van der Waals surface area contributed by atoms with Crippen molar-refractivity contribution in [2.75, 3.05) is 10.6 Å². The zero-order valence-corrected chi connectivity index (χ0v) is 14.5. The van der Waals surface area contributed by atoms with Crippen LogP contribution < -0.4 is 10.6 Å². The van der Waals surface area contributed by atoms with E-state index in [1.54, 1.807) is 6.07 Å². The molecule has 2 N–H and O–H groups in total. The summed E-state index contributed by atoms with van der Waals surface area (Å²) in [6.07, 6.45) is -2.10. The van der Waals surface area contributed by atoms with Crippen LogP contribution in [-0.2, 0) is 6.18 Å². The lowest BCUT2D eigenvalue weighted by Crippen LogP contribution is -2.07. The van der Waals surface area contributed by atoms with Gasteiger partial charge in [0.1, 0.15) is 6.33 Å². The highest BCUT2D eigenvalue weighted by molar-refractivity contribution is 6.32. The second kappa shape index (κ2) is 7.64. The predicted molar refractivity (Wildman–Crippen MR) is 95.9 cm³/mol. The van der Waals surface area contributed by atoms with E-state index in [9.17, 15) is 23.3 Å². The van der Waals surface area contributed by atoms with Crippen molar-refractivity contribution in [3.05, 3.63) is 69.8 Å². The fraction of sp³-hybridized carbons (Fsp3) is 0.0625. The SMILES string of the molecule is O=[N+]([O-])c1c(Nc2cccc(C(F)(F)F)c2)ncnc1Nc1cccnc1Cl. The topological polar surface area (TPSA) is 106 Å². The van der Waals surface area contributed by atoms with Gasteiger partial charge in [-0.1, -0.05) is 17.7 Å². The van der Waals surface area contributed by atoms with E-state index in [1.807, 2.05) is 0 Å². The van der Waals surface area contributed by atoms with Gasteiger partial charge in [0, 0.05) is 11.9 Å². The van der Waals surface area contributed by atoms with E-state index in [2.05, 4.69) is 25.6 Å². The van der Waals surface area contributed by atoms with Crippen molar-refractivity contribution in [3.8, 4) is 0 Å². The van der Waals surface area contributed by atoms with Crippen molar-refractivity contribution in [1.29, 1.82) is 0 Å². The number of halogens is 4. The molecule has 0 amide bonds. The molecule has 0 spiro atoms. The van der Waals surface area contributed by atoms with E-state index < -0.39 is 22.4 Å². The summed E-state index contributed by atoms with van der Waals surface area (Å²) in [7, 11) is 0. The molecule has 0 bridgehead atoms. The van der Waals surface area contributed by atoms with Gasteiger partial charge in [-0.25, -0.2) is 15.0 Å². The van der Waals surface area contributed by atoms with Crippen molar-refractivity contribution in [2.45, 2.75) is 6.18 Å². The zero-order valence-electron chi connectivity index (χ0n) is 13.7.